The summed E-state index contributed by atoms with van der Waals surface area (Å²) in [4.78, 5) is 4.04. The molecule has 1 aliphatic heterocycles. The molecule has 3 nitrogen and oxygen atoms in total. The summed E-state index contributed by atoms with van der Waals surface area (Å²) < 4.78 is 1.02. The van der Waals surface area contributed by atoms with Crippen molar-refractivity contribution >= 4 is 21.6 Å². The van der Waals surface area contributed by atoms with Crippen molar-refractivity contribution in [2.75, 3.05) is 25.0 Å². The molecule has 4 heteroatoms. The molecular formula is C12H16BrN3. The number of nitrogens with one attached hydrogen (secondary N) is 2. The van der Waals surface area contributed by atoms with Crippen LogP contribution in [0.3, 0.4) is 0 Å². The first kappa shape index (κ1) is 11.6. The molecule has 86 valence electrons. The predicted molar refractivity (Wildman–Crippen MR) is 70.6 cm³/mol. The van der Waals surface area contributed by atoms with E-state index in [0.29, 0.717) is 0 Å². The molecule has 1 aromatic rings. The van der Waals surface area contributed by atoms with E-state index >= 15 is 0 Å². The highest BCUT2D eigenvalue weighted by atomic mass is 79.9. The monoisotopic (exact) mass is 281 g/mol. The minimum atomic E-state index is 0.981. The fourth-order valence-corrected chi connectivity index (χ4v) is 2.16. The third-order valence-electron chi connectivity index (χ3n) is 2.69. The minimum absolute atomic E-state index is 0.981. The maximum absolute atomic E-state index is 4.04. The first-order chi connectivity index (χ1) is 7.86. The van der Waals surface area contributed by atoms with Crippen LogP contribution in [0.15, 0.2) is 34.6 Å². The second-order valence-electron chi connectivity index (χ2n) is 3.85. The van der Waals surface area contributed by atoms with E-state index in [2.05, 4.69) is 37.6 Å². The molecular weight excluding hydrogens is 266 g/mol. The van der Waals surface area contributed by atoms with Gasteiger partial charge in [0.25, 0.3) is 0 Å². The molecule has 2 rings (SSSR count). The molecule has 0 amide bonds. The van der Waals surface area contributed by atoms with Gasteiger partial charge in [-0.05, 0) is 41.4 Å². The molecule has 0 radical (unpaired) electrons. The molecule has 0 atom stereocenters. The first-order valence-corrected chi connectivity index (χ1v) is 6.37. The van der Waals surface area contributed by atoms with Crippen LogP contribution in [0.25, 0.3) is 0 Å². The highest BCUT2D eigenvalue weighted by Gasteiger charge is 2.03. The Morgan fingerprint density at radius 3 is 3.19 bits per heavy atom. The zero-order valence-electron chi connectivity index (χ0n) is 9.17. The van der Waals surface area contributed by atoms with Gasteiger partial charge < -0.3 is 10.6 Å². The van der Waals surface area contributed by atoms with E-state index in [-0.39, 0.29) is 0 Å². The van der Waals surface area contributed by atoms with Gasteiger partial charge in [0.1, 0.15) is 0 Å². The lowest BCUT2D eigenvalue weighted by molar-refractivity contribution is 0.683. The van der Waals surface area contributed by atoms with Gasteiger partial charge in [0.15, 0.2) is 0 Å². The van der Waals surface area contributed by atoms with Gasteiger partial charge in [0.2, 0.25) is 0 Å². The lowest BCUT2D eigenvalue weighted by Crippen LogP contribution is -2.21. The van der Waals surface area contributed by atoms with Crippen LogP contribution < -0.4 is 10.6 Å². The number of nitrogens with zero attached hydrogens (tertiary/aromatic N) is 1. The predicted octanol–water partition coefficient (Wildman–Crippen LogP) is 2.57. The summed E-state index contributed by atoms with van der Waals surface area (Å²) in [5.41, 5.74) is 2.67. The number of rotatable bonds is 4. The summed E-state index contributed by atoms with van der Waals surface area (Å²) in [6.07, 6.45) is 8.21. The number of anilines is 1. The summed E-state index contributed by atoms with van der Waals surface area (Å²) in [5, 5.41) is 6.73. The Morgan fingerprint density at radius 1 is 1.50 bits per heavy atom. The van der Waals surface area contributed by atoms with Gasteiger partial charge in [-0.25, -0.2) is 0 Å². The summed E-state index contributed by atoms with van der Waals surface area (Å²) in [6, 6.07) is 1.99. The second kappa shape index (κ2) is 6.01. The number of aromatic nitrogens is 1. The van der Waals surface area contributed by atoms with Crippen molar-refractivity contribution in [1.82, 2.24) is 10.3 Å². The zero-order valence-corrected chi connectivity index (χ0v) is 10.8. The maximum Gasteiger partial charge on any atom is 0.0590 e. The Kier molecular flexibility index (Phi) is 4.36. The Morgan fingerprint density at radius 2 is 2.44 bits per heavy atom. The standard InChI is InChI=1S/C12H16BrN3/c13-11-9-15-7-4-12(11)16-8-3-10-1-5-14-6-2-10/h1,4,7,9,14H,2-3,5-6,8H2,(H,15,16). The number of pyridine rings is 1. The summed E-state index contributed by atoms with van der Waals surface area (Å²) in [6.45, 7) is 3.12. The van der Waals surface area contributed by atoms with Crippen LogP contribution in [0.4, 0.5) is 5.69 Å². The second-order valence-corrected chi connectivity index (χ2v) is 4.70. The molecule has 2 N–H and O–H groups in total. The zero-order chi connectivity index (χ0) is 11.2. The number of halogens is 1. The van der Waals surface area contributed by atoms with Crippen molar-refractivity contribution < 1.29 is 0 Å². The van der Waals surface area contributed by atoms with E-state index in [1.165, 1.54) is 6.42 Å². The molecule has 0 spiro atoms. The quantitative estimate of drug-likeness (QED) is 0.833. The fourth-order valence-electron chi connectivity index (χ4n) is 1.77. The average molecular weight is 282 g/mol. The molecule has 0 saturated carbocycles. The fraction of sp³-hybridized carbons (Fsp3) is 0.417. The number of hydrogen-bond donors (Lipinski definition) is 2. The van der Waals surface area contributed by atoms with Gasteiger partial charge in [-0.3, -0.25) is 4.98 Å². The third kappa shape index (κ3) is 3.32. The van der Waals surface area contributed by atoms with E-state index in [0.717, 1.165) is 36.2 Å². The van der Waals surface area contributed by atoms with E-state index in [1.807, 2.05) is 12.3 Å². The van der Waals surface area contributed by atoms with Gasteiger partial charge in [0.05, 0.1) is 10.2 Å². The highest BCUT2D eigenvalue weighted by molar-refractivity contribution is 9.10. The van der Waals surface area contributed by atoms with Crippen LogP contribution in [0.2, 0.25) is 0 Å². The van der Waals surface area contributed by atoms with Gasteiger partial charge >= 0.3 is 0 Å². The van der Waals surface area contributed by atoms with E-state index in [1.54, 1.807) is 11.8 Å². The molecule has 0 aliphatic carbocycles. The molecule has 0 saturated heterocycles. The molecule has 0 bridgehead atoms. The maximum atomic E-state index is 4.04. The lowest BCUT2D eigenvalue weighted by atomic mass is 10.1. The van der Waals surface area contributed by atoms with E-state index in [9.17, 15) is 0 Å². The van der Waals surface area contributed by atoms with Crippen LogP contribution in [0.5, 0.6) is 0 Å². The Labute approximate surface area is 104 Å². The molecule has 2 heterocycles. The topological polar surface area (TPSA) is 37.0 Å². The van der Waals surface area contributed by atoms with Gasteiger partial charge in [0, 0.05) is 25.5 Å². The summed E-state index contributed by atoms with van der Waals surface area (Å²) in [5.74, 6) is 0. The van der Waals surface area contributed by atoms with Crippen LogP contribution in [-0.2, 0) is 0 Å². The summed E-state index contributed by atoms with van der Waals surface area (Å²) in [7, 11) is 0. The largest absolute Gasteiger partial charge is 0.384 e. The highest BCUT2D eigenvalue weighted by Crippen LogP contribution is 2.20. The van der Waals surface area contributed by atoms with Crippen molar-refractivity contribution in [3.8, 4) is 0 Å². The molecule has 1 aliphatic rings. The lowest BCUT2D eigenvalue weighted by Gasteiger charge is -2.14. The van der Waals surface area contributed by atoms with Crippen LogP contribution in [0.1, 0.15) is 12.8 Å². The van der Waals surface area contributed by atoms with E-state index < -0.39 is 0 Å². The third-order valence-corrected chi connectivity index (χ3v) is 3.32. The Balaban J connectivity index is 1.80. The molecule has 16 heavy (non-hydrogen) atoms. The molecule has 0 unspecified atom stereocenters. The smallest absolute Gasteiger partial charge is 0.0590 e. The van der Waals surface area contributed by atoms with Gasteiger partial charge in [-0.1, -0.05) is 11.6 Å². The van der Waals surface area contributed by atoms with Crippen molar-refractivity contribution in [2.24, 2.45) is 0 Å². The average Bonchev–Trinajstić information content (AvgIpc) is 2.33. The van der Waals surface area contributed by atoms with Crippen LogP contribution >= 0.6 is 15.9 Å². The van der Waals surface area contributed by atoms with E-state index in [4.69, 9.17) is 0 Å². The molecule has 0 aromatic carbocycles. The molecule has 0 fully saturated rings. The summed E-state index contributed by atoms with van der Waals surface area (Å²) >= 11 is 3.47. The Hall–Kier alpha value is -0.870. The minimum Gasteiger partial charge on any atom is -0.384 e. The Bertz CT molecular complexity index is 376. The van der Waals surface area contributed by atoms with Crippen molar-refractivity contribution in [3.63, 3.8) is 0 Å². The first-order valence-electron chi connectivity index (χ1n) is 5.58. The SMILES string of the molecule is Brc1cnccc1NCCC1=CCNCC1. The van der Waals surface area contributed by atoms with Crippen LogP contribution in [0, 0.1) is 0 Å². The van der Waals surface area contributed by atoms with Gasteiger partial charge in [-0.15, -0.1) is 0 Å². The van der Waals surface area contributed by atoms with Crippen LogP contribution in [-0.4, -0.2) is 24.6 Å². The van der Waals surface area contributed by atoms with Crippen molar-refractivity contribution in [2.45, 2.75) is 12.8 Å². The molecule has 1 aromatic heterocycles. The number of hydrogen-bond acceptors (Lipinski definition) is 3. The normalized spacial score (nSPS) is 15.7. The van der Waals surface area contributed by atoms with Crippen molar-refractivity contribution in [1.29, 1.82) is 0 Å². The van der Waals surface area contributed by atoms with Gasteiger partial charge in [-0.2, -0.15) is 0 Å². The van der Waals surface area contributed by atoms with Crippen molar-refractivity contribution in [3.05, 3.63) is 34.6 Å².